The topological polar surface area (TPSA) is 78.8 Å². The lowest BCUT2D eigenvalue weighted by atomic mass is 10.2. The zero-order valence-corrected chi connectivity index (χ0v) is 10.6. The maximum Gasteiger partial charge on any atom is 0.433 e. The molecule has 0 spiro atoms. The van der Waals surface area contributed by atoms with E-state index in [0.29, 0.717) is 5.56 Å². The lowest BCUT2D eigenvalue weighted by molar-refractivity contribution is -0.141. The quantitative estimate of drug-likeness (QED) is 0.810. The molecule has 0 aromatic carbocycles. The second kappa shape index (κ2) is 5.63. The summed E-state index contributed by atoms with van der Waals surface area (Å²) in [4.78, 5) is 10.8. The molecule has 0 saturated carbocycles. The van der Waals surface area contributed by atoms with E-state index in [-0.39, 0.29) is 5.69 Å². The molecular weight excluding hydrogens is 295 g/mol. The number of hydrogen-bond donors (Lipinski definition) is 0. The van der Waals surface area contributed by atoms with E-state index in [1.54, 1.807) is 0 Å². The highest BCUT2D eigenvalue weighted by Gasteiger charge is 2.33. The first-order chi connectivity index (χ1) is 9.36. The van der Waals surface area contributed by atoms with E-state index in [4.69, 9.17) is 0 Å². The van der Waals surface area contributed by atoms with E-state index in [1.165, 1.54) is 24.5 Å². The fraction of sp³-hybridized carbons (Fsp3) is 0.182. The van der Waals surface area contributed by atoms with Crippen LogP contribution >= 0.6 is 0 Å². The molecule has 20 heavy (non-hydrogen) atoms. The Kier molecular flexibility index (Phi) is 4.09. The van der Waals surface area contributed by atoms with Gasteiger partial charge in [-0.05, 0) is 29.3 Å². The monoisotopic (exact) mass is 302 g/mol. The van der Waals surface area contributed by atoms with Crippen LogP contribution in [0.1, 0.15) is 11.5 Å². The van der Waals surface area contributed by atoms with Crippen molar-refractivity contribution in [3.05, 3.63) is 42.1 Å². The van der Waals surface area contributed by atoms with Gasteiger partial charge in [0.2, 0.25) is 0 Å². The van der Waals surface area contributed by atoms with E-state index in [1.807, 2.05) is 0 Å². The average molecular weight is 302 g/mol. The molecule has 0 bridgehead atoms. The summed E-state index contributed by atoms with van der Waals surface area (Å²) in [6, 6.07) is 3.82. The smallest absolute Gasteiger partial charge is 0.433 e. The van der Waals surface area contributed by atoms with Gasteiger partial charge in [0.15, 0.2) is 0 Å². The van der Waals surface area contributed by atoms with Gasteiger partial charge in [-0.1, -0.05) is 0 Å². The van der Waals surface area contributed by atoms with Gasteiger partial charge < -0.3 is 4.55 Å². The Morgan fingerprint density at radius 3 is 2.60 bits per heavy atom. The minimum atomic E-state index is -4.68. The molecular formula is C11H7F3N3O2S-. The van der Waals surface area contributed by atoms with Crippen LogP contribution in [0.15, 0.2) is 30.6 Å². The zero-order valence-electron chi connectivity index (χ0n) is 9.79. The number of halogens is 3. The minimum absolute atomic E-state index is 0.0270. The first-order valence-electron chi connectivity index (χ1n) is 5.27. The van der Waals surface area contributed by atoms with E-state index >= 15 is 0 Å². The molecule has 1 unspecified atom stereocenters. The molecule has 0 aliphatic rings. The third kappa shape index (κ3) is 3.58. The van der Waals surface area contributed by atoms with Crippen molar-refractivity contribution in [1.82, 2.24) is 15.0 Å². The first-order valence-corrected chi connectivity index (χ1v) is 6.52. The third-order valence-corrected chi connectivity index (χ3v) is 2.76. The molecule has 106 valence electrons. The Morgan fingerprint density at radius 2 is 2.05 bits per heavy atom. The van der Waals surface area contributed by atoms with Crippen LogP contribution in [0.4, 0.5) is 13.2 Å². The molecule has 2 aromatic rings. The van der Waals surface area contributed by atoms with Gasteiger partial charge in [-0.25, -0.2) is 9.97 Å². The van der Waals surface area contributed by atoms with Crippen molar-refractivity contribution in [2.24, 2.45) is 0 Å². The molecule has 0 saturated heterocycles. The molecule has 5 nitrogen and oxygen atoms in total. The van der Waals surface area contributed by atoms with Crippen LogP contribution in [0, 0.1) is 0 Å². The largest absolute Gasteiger partial charge is 0.772 e. The average Bonchev–Trinajstić information content (AvgIpc) is 2.37. The fourth-order valence-electron chi connectivity index (χ4n) is 1.47. The number of alkyl halides is 3. The van der Waals surface area contributed by atoms with Gasteiger partial charge in [0.1, 0.15) is 11.5 Å². The molecule has 0 fully saturated rings. The maximum atomic E-state index is 12.7. The van der Waals surface area contributed by atoms with E-state index in [9.17, 15) is 21.9 Å². The van der Waals surface area contributed by atoms with Gasteiger partial charge in [-0.2, -0.15) is 13.2 Å². The summed E-state index contributed by atoms with van der Waals surface area (Å²) < 4.78 is 59.4. The van der Waals surface area contributed by atoms with Gasteiger partial charge >= 0.3 is 6.18 Å². The molecule has 9 heteroatoms. The second-order valence-electron chi connectivity index (χ2n) is 3.74. The number of nitrogens with zero attached hydrogens (tertiary/aromatic N) is 3. The Labute approximate surface area is 114 Å². The summed E-state index contributed by atoms with van der Waals surface area (Å²) in [6.07, 6.45) is -1.89. The van der Waals surface area contributed by atoms with Gasteiger partial charge in [-0.15, -0.1) is 0 Å². The highest BCUT2D eigenvalue weighted by Crippen LogP contribution is 2.30. The van der Waals surface area contributed by atoms with Gasteiger partial charge in [-0.3, -0.25) is 9.19 Å². The second-order valence-corrected chi connectivity index (χ2v) is 4.64. The van der Waals surface area contributed by atoms with Crippen molar-refractivity contribution in [3.63, 3.8) is 0 Å². The summed E-state index contributed by atoms with van der Waals surface area (Å²) >= 11 is -2.57. The standard InChI is InChI=1S/C11H8F3N3O2S/c12-11(13,14)9-4-8(7-2-1-3-15-5-7)16-10(17-9)6-20(18)19/h1-5H,6H2,(H,18,19)/p-1. The molecule has 0 amide bonds. The summed E-state index contributed by atoms with van der Waals surface area (Å²) in [5, 5.41) is 0. The SMILES string of the molecule is O=S([O-])Cc1nc(-c2cccnc2)cc(C(F)(F)F)n1. The van der Waals surface area contributed by atoms with E-state index in [2.05, 4.69) is 15.0 Å². The van der Waals surface area contributed by atoms with Crippen molar-refractivity contribution in [2.45, 2.75) is 11.9 Å². The molecule has 2 aromatic heterocycles. The molecule has 0 radical (unpaired) electrons. The third-order valence-electron chi connectivity index (χ3n) is 2.27. The predicted molar refractivity (Wildman–Crippen MR) is 62.9 cm³/mol. The summed E-state index contributed by atoms with van der Waals surface area (Å²) in [7, 11) is 0. The number of aromatic nitrogens is 3. The fourth-order valence-corrected chi connectivity index (χ4v) is 1.81. The highest BCUT2D eigenvalue weighted by atomic mass is 32.2. The number of rotatable bonds is 3. The predicted octanol–water partition coefficient (Wildman–Crippen LogP) is 1.94. The van der Waals surface area contributed by atoms with Crippen LogP contribution in [0.3, 0.4) is 0 Å². The first kappa shape index (κ1) is 14.5. The molecule has 0 aliphatic heterocycles. The van der Waals surface area contributed by atoms with Crippen LogP contribution < -0.4 is 0 Å². The molecule has 2 rings (SSSR count). The zero-order chi connectivity index (χ0) is 14.8. The molecule has 0 aliphatic carbocycles. The van der Waals surface area contributed by atoms with Gasteiger partial charge in [0, 0.05) is 18.0 Å². The van der Waals surface area contributed by atoms with Crippen LogP contribution in [-0.2, 0) is 23.0 Å². The van der Waals surface area contributed by atoms with E-state index < -0.39 is 34.5 Å². The molecule has 2 heterocycles. The lowest BCUT2D eigenvalue weighted by Gasteiger charge is -2.11. The summed E-state index contributed by atoms with van der Waals surface area (Å²) in [5.74, 6) is -1.09. The van der Waals surface area contributed by atoms with Crippen LogP contribution in [0.2, 0.25) is 0 Å². The minimum Gasteiger partial charge on any atom is -0.772 e. The Morgan fingerprint density at radius 1 is 1.30 bits per heavy atom. The van der Waals surface area contributed by atoms with Crippen molar-refractivity contribution in [2.75, 3.05) is 0 Å². The van der Waals surface area contributed by atoms with Gasteiger partial charge in [0.25, 0.3) is 0 Å². The van der Waals surface area contributed by atoms with Gasteiger partial charge in [0.05, 0.1) is 11.4 Å². The molecule has 1 atom stereocenters. The maximum absolute atomic E-state index is 12.7. The van der Waals surface area contributed by atoms with Crippen molar-refractivity contribution >= 4 is 11.1 Å². The Hall–Kier alpha value is -1.87. The van der Waals surface area contributed by atoms with E-state index in [0.717, 1.165) is 6.07 Å². The number of hydrogen-bond acceptors (Lipinski definition) is 5. The Bertz CT molecular complexity index is 635. The summed E-state index contributed by atoms with van der Waals surface area (Å²) in [6.45, 7) is 0. The molecule has 0 N–H and O–H groups in total. The Balaban J connectivity index is 2.54. The lowest BCUT2D eigenvalue weighted by Crippen LogP contribution is -2.12. The van der Waals surface area contributed by atoms with Crippen molar-refractivity contribution < 1.29 is 21.9 Å². The summed E-state index contributed by atoms with van der Waals surface area (Å²) in [5.41, 5.74) is -0.869. The highest BCUT2D eigenvalue weighted by molar-refractivity contribution is 7.78. The van der Waals surface area contributed by atoms with Crippen LogP contribution in [0.25, 0.3) is 11.3 Å². The van der Waals surface area contributed by atoms with Crippen LogP contribution in [0.5, 0.6) is 0 Å². The number of pyridine rings is 1. The van der Waals surface area contributed by atoms with Crippen molar-refractivity contribution in [1.29, 1.82) is 0 Å². The normalized spacial score (nSPS) is 13.2. The van der Waals surface area contributed by atoms with Crippen LogP contribution in [-0.4, -0.2) is 23.7 Å². The van der Waals surface area contributed by atoms with Crippen molar-refractivity contribution in [3.8, 4) is 11.3 Å².